The van der Waals surface area contributed by atoms with Gasteiger partial charge in [-0.25, -0.2) is 14.8 Å². The minimum absolute atomic E-state index is 0.235. The highest BCUT2D eigenvalue weighted by Crippen LogP contribution is 2.53. The van der Waals surface area contributed by atoms with Crippen molar-refractivity contribution in [2.75, 3.05) is 0 Å². The van der Waals surface area contributed by atoms with Crippen molar-refractivity contribution >= 4 is 6.09 Å². The van der Waals surface area contributed by atoms with Crippen molar-refractivity contribution < 1.29 is 9.53 Å². The van der Waals surface area contributed by atoms with Crippen LogP contribution < -0.4 is 0 Å². The minimum atomic E-state index is -0.473. The van der Waals surface area contributed by atoms with Gasteiger partial charge in [-0.2, -0.15) is 0 Å². The summed E-state index contributed by atoms with van der Waals surface area (Å²) in [7, 11) is 0. The molecule has 2 bridgehead atoms. The maximum atomic E-state index is 12.5. The van der Waals surface area contributed by atoms with Gasteiger partial charge in [0.15, 0.2) is 5.82 Å². The zero-order valence-electron chi connectivity index (χ0n) is 12.3. The van der Waals surface area contributed by atoms with Crippen LogP contribution in [0.15, 0.2) is 18.5 Å². The number of fused-ring (bicyclic) bond motifs is 2. The first-order chi connectivity index (χ1) is 9.42. The Morgan fingerprint density at radius 2 is 2.10 bits per heavy atom. The first-order valence-electron chi connectivity index (χ1n) is 7.22. The van der Waals surface area contributed by atoms with Gasteiger partial charge in [-0.1, -0.05) is 0 Å². The van der Waals surface area contributed by atoms with E-state index in [1.165, 1.54) is 0 Å². The Kier molecular flexibility index (Phi) is 2.96. The molecule has 1 aliphatic carbocycles. The van der Waals surface area contributed by atoms with Gasteiger partial charge in [0, 0.05) is 18.4 Å². The van der Waals surface area contributed by atoms with Crippen LogP contribution in [0.1, 0.15) is 52.3 Å². The van der Waals surface area contributed by atoms with Crippen LogP contribution in [0, 0.1) is 0 Å². The average Bonchev–Trinajstić information content (AvgIpc) is 2.37. The molecule has 3 heterocycles. The molecule has 1 saturated carbocycles. The highest BCUT2D eigenvalue weighted by atomic mass is 16.6. The standard InChI is InChI=1S/C15H21N3O2/c1-14(2,3)20-13(19)18-11-6-4-7-15(18,10-11)12-16-8-5-9-17-12/h5,8-9,11H,4,6-7,10H2,1-3H3. The Labute approximate surface area is 119 Å². The highest BCUT2D eigenvalue weighted by molar-refractivity contribution is 5.71. The van der Waals surface area contributed by atoms with E-state index in [0.717, 1.165) is 31.5 Å². The number of piperidine rings is 1. The van der Waals surface area contributed by atoms with Crippen LogP contribution in [-0.4, -0.2) is 32.6 Å². The first kappa shape index (κ1) is 13.3. The van der Waals surface area contributed by atoms with Gasteiger partial charge in [-0.05, 0) is 52.5 Å². The number of ether oxygens (including phenoxy) is 1. The van der Waals surface area contributed by atoms with Crippen molar-refractivity contribution in [2.24, 2.45) is 0 Å². The van der Waals surface area contributed by atoms with E-state index in [2.05, 4.69) is 9.97 Å². The van der Waals surface area contributed by atoms with E-state index in [1.54, 1.807) is 18.5 Å². The molecule has 0 aromatic carbocycles. The SMILES string of the molecule is CC(C)(C)OC(=O)N1C2CCCC1(c1ncccn1)C2. The fourth-order valence-corrected chi connectivity index (χ4v) is 3.39. The summed E-state index contributed by atoms with van der Waals surface area (Å²) in [6, 6.07) is 2.08. The number of carbonyl (C=O) groups is 1. The average molecular weight is 275 g/mol. The predicted molar refractivity (Wildman–Crippen MR) is 74.0 cm³/mol. The van der Waals surface area contributed by atoms with Gasteiger partial charge in [0.05, 0.1) is 0 Å². The van der Waals surface area contributed by atoms with E-state index < -0.39 is 5.60 Å². The maximum Gasteiger partial charge on any atom is 0.411 e. The largest absolute Gasteiger partial charge is 0.444 e. The van der Waals surface area contributed by atoms with Crippen LogP contribution in [0.4, 0.5) is 4.79 Å². The van der Waals surface area contributed by atoms with E-state index in [4.69, 9.17) is 4.74 Å². The normalized spacial score (nSPS) is 28.8. The third-order valence-electron chi connectivity index (χ3n) is 4.10. The van der Waals surface area contributed by atoms with Gasteiger partial charge in [-0.15, -0.1) is 0 Å². The number of hydrogen-bond acceptors (Lipinski definition) is 4. The Hall–Kier alpha value is -1.65. The summed E-state index contributed by atoms with van der Waals surface area (Å²) in [6.45, 7) is 5.68. The molecule has 0 radical (unpaired) electrons. The second-order valence-corrected chi connectivity index (χ2v) is 6.70. The van der Waals surface area contributed by atoms with E-state index in [0.29, 0.717) is 0 Å². The van der Waals surface area contributed by atoms with Crippen LogP contribution in [0.2, 0.25) is 0 Å². The summed E-state index contributed by atoms with van der Waals surface area (Å²) in [5.74, 6) is 0.752. The number of hydrogen-bond donors (Lipinski definition) is 0. The van der Waals surface area contributed by atoms with Gasteiger partial charge >= 0.3 is 6.09 Å². The van der Waals surface area contributed by atoms with Crippen molar-refractivity contribution in [1.29, 1.82) is 0 Å². The third-order valence-corrected chi connectivity index (χ3v) is 4.10. The number of carbonyl (C=O) groups excluding carboxylic acids is 1. The van der Waals surface area contributed by atoms with Crippen LogP contribution >= 0.6 is 0 Å². The molecular formula is C15H21N3O2. The minimum Gasteiger partial charge on any atom is -0.444 e. The number of aromatic nitrogens is 2. The quantitative estimate of drug-likeness (QED) is 0.790. The Morgan fingerprint density at radius 1 is 1.40 bits per heavy atom. The summed E-state index contributed by atoms with van der Waals surface area (Å²) in [6.07, 6.45) is 7.29. The third kappa shape index (κ3) is 2.05. The topological polar surface area (TPSA) is 55.3 Å². The van der Waals surface area contributed by atoms with E-state index in [-0.39, 0.29) is 17.7 Å². The molecule has 1 aromatic heterocycles. The fraction of sp³-hybridized carbons (Fsp3) is 0.667. The Balaban J connectivity index is 1.88. The first-order valence-corrected chi connectivity index (χ1v) is 7.22. The van der Waals surface area contributed by atoms with Crippen LogP contribution in [0.3, 0.4) is 0 Å². The lowest BCUT2D eigenvalue weighted by molar-refractivity contribution is -0.118. The van der Waals surface area contributed by atoms with E-state index in [9.17, 15) is 4.79 Å². The number of amides is 1. The molecule has 3 aliphatic rings. The van der Waals surface area contributed by atoms with E-state index >= 15 is 0 Å². The summed E-state index contributed by atoms with van der Waals surface area (Å²) >= 11 is 0. The lowest BCUT2D eigenvalue weighted by Gasteiger charge is -2.60. The highest BCUT2D eigenvalue weighted by Gasteiger charge is 2.60. The molecule has 1 amide bonds. The lowest BCUT2D eigenvalue weighted by Crippen LogP contribution is -2.69. The molecule has 108 valence electrons. The number of nitrogens with zero attached hydrogens (tertiary/aromatic N) is 3. The second kappa shape index (κ2) is 4.43. The molecule has 5 nitrogen and oxygen atoms in total. The molecule has 4 rings (SSSR count). The summed E-state index contributed by atoms with van der Waals surface area (Å²) < 4.78 is 5.56. The molecule has 0 N–H and O–H groups in total. The van der Waals surface area contributed by atoms with Crippen molar-refractivity contribution in [3.63, 3.8) is 0 Å². The van der Waals surface area contributed by atoms with Gasteiger partial charge in [0.1, 0.15) is 11.1 Å². The second-order valence-electron chi connectivity index (χ2n) is 6.70. The summed E-state index contributed by atoms with van der Waals surface area (Å²) in [5.41, 5.74) is -0.813. The Bertz CT molecular complexity index is 508. The molecular weight excluding hydrogens is 254 g/mol. The maximum absolute atomic E-state index is 12.5. The molecule has 3 fully saturated rings. The Morgan fingerprint density at radius 3 is 2.70 bits per heavy atom. The van der Waals surface area contributed by atoms with Crippen molar-refractivity contribution in [3.8, 4) is 0 Å². The molecule has 2 saturated heterocycles. The zero-order valence-corrected chi connectivity index (χ0v) is 12.3. The lowest BCUT2D eigenvalue weighted by atomic mass is 9.68. The fourth-order valence-electron chi connectivity index (χ4n) is 3.39. The smallest absolute Gasteiger partial charge is 0.411 e. The van der Waals surface area contributed by atoms with Gasteiger partial charge in [-0.3, -0.25) is 4.90 Å². The van der Waals surface area contributed by atoms with Crippen LogP contribution in [0.5, 0.6) is 0 Å². The van der Waals surface area contributed by atoms with Gasteiger partial charge in [0.2, 0.25) is 0 Å². The zero-order chi connectivity index (χ0) is 14.4. The molecule has 2 atom stereocenters. The van der Waals surface area contributed by atoms with Crippen LogP contribution in [0.25, 0.3) is 0 Å². The summed E-state index contributed by atoms with van der Waals surface area (Å²) in [5, 5.41) is 0. The van der Waals surface area contributed by atoms with Gasteiger partial charge in [0.25, 0.3) is 0 Å². The molecule has 20 heavy (non-hydrogen) atoms. The molecule has 1 aromatic rings. The predicted octanol–water partition coefficient (Wildman–Crippen LogP) is 2.87. The van der Waals surface area contributed by atoms with E-state index in [1.807, 2.05) is 25.7 Å². The molecule has 2 aliphatic heterocycles. The van der Waals surface area contributed by atoms with Crippen molar-refractivity contribution in [3.05, 3.63) is 24.3 Å². The molecule has 2 unspecified atom stereocenters. The molecule has 5 heteroatoms. The number of rotatable bonds is 1. The monoisotopic (exact) mass is 275 g/mol. The van der Waals surface area contributed by atoms with Crippen molar-refractivity contribution in [2.45, 2.75) is 63.6 Å². The van der Waals surface area contributed by atoms with Gasteiger partial charge < -0.3 is 4.74 Å². The van der Waals surface area contributed by atoms with Crippen LogP contribution in [-0.2, 0) is 10.3 Å². The summed E-state index contributed by atoms with van der Waals surface area (Å²) in [4.78, 5) is 23.1. The van der Waals surface area contributed by atoms with Crippen molar-refractivity contribution in [1.82, 2.24) is 14.9 Å². The molecule has 0 spiro atoms.